The number of amides is 1. The van der Waals surface area contributed by atoms with Gasteiger partial charge >= 0.3 is 18.2 Å². The lowest BCUT2D eigenvalue weighted by atomic mass is 10.2. The number of nitrogens with zero attached hydrogens (tertiary/aromatic N) is 2. The molecule has 0 aromatic heterocycles. The van der Waals surface area contributed by atoms with Gasteiger partial charge in [0, 0.05) is 18.6 Å². The number of ether oxygens (including phenoxy) is 3. The Morgan fingerprint density at radius 2 is 1.82 bits per heavy atom. The summed E-state index contributed by atoms with van der Waals surface area (Å²) in [6.45, 7) is 4.77. The second kappa shape index (κ2) is 8.11. The van der Waals surface area contributed by atoms with Crippen LogP contribution in [0, 0.1) is 10.1 Å². The van der Waals surface area contributed by atoms with Crippen LogP contribution in [0.5, 0.6) is 5.75 Å². The van der Waals surface area contributed by atoms with Crippen LogP contribution in [0.15, 0.2) is 24.3 Å². The highest BCUT2D eigenvalue weighted by Crippen LogP contribution is 2.24. The quantitative estimate of drug-likeness (QED) is 0.351. The minimum absolute atomic E-state index is 0.0207. The van der Waals surface area contributed by atoms with Gasteiger partial charge in [0.25, 0.3) is 5.69 Å². The molecule has 1 N–H and O–H groups in total. The van der Waals surface area contributed by atoms with Crippen molar-refractivity contribution < 1.29 is 38.6 Å². The molecule has 0 aliphatic carbocycles. The number of carboxylic acids is 1. The van der Waals surface area contributed by atoms with Crippen LogP contribution in [-0.2, 0) is 14.3 Å². The molecule has 1 aromatic rings. The molecular formula is C17H20N2O9. The molecule has 0 spiro atoms. The first-order valence-electron chi connectivity index (χ1n) is 8.31. The number of carbonyl (C=O) groups excluding carboxylic acids is 2. The fourth-order valence-electron chi connectivity index (χ4n) is 2.53. The van der Waals surface area contributed by atoms with Gasteiger partial charge < -0.3 is 19.3 Å². The van der Waals surface area contributed by atoms with Crippen molar-refractivity contribution in [2.45, 2.75) is 44.9 Å². The molecule has 2 rings (SSSR count). The second-order valence-electron chi connectivity index (χ2n) is 7.07. The number of likely N-dealkylation sites (tertiary alicyclic amines) is 1. The predicted octanol–water partition coefficient (Wildman–Crippen LogP) is 2.57. The number of non-ortho nitro benzene ring substituents is 1. The van der Waals surface area contributed by atoms with Crippen molar-refractivity contribution in [3.63, 3.8) is 0 Å². The topological polar surface area (TPSA) is 146 Å². The van der Waals surface area contributed by atoms with Crippen molar-refractivity contribution in [1.82, 2.24) is 4.90 Å². The van der Waals surface area contributed by atoms with Crippen molar-refractivity contribution in [2.24, 2.45) is 0 Å². The molecule has 1 fully saturated rings. The first-order chi connectivity index (χ1) is 13.0. The molecule has 0 saturated carbocycles. The normalized spacial score (nSPS) is 19.0. The second-order valence-corrected chi connectivity index (χ2v) is 7.07. The predicted molar refractivity (Wildman–Crippen MR) is 93.0 cm³/mol. The summed E-state index contributed by atoms with van der Waals surface area (Å²) in [6.07, 6.45) is -2.97. The zero-order valence-corrected chi connectivity index (χ0v) is 15.5. The third kappa shape index (κ3) is 5.56. The Bertz CT molecular complexity index is 770. The van der Waals surface area contributed by atoms with Crippen LogP contribution in [0.25, 0.3) is 0 Å². The van der Waals surface area contributed by atoms with E-state index < -0.39 is 40.9 Å². The number of carbonyl (C=O) groups is 3. The molecule has 152 valence electrons. The van der Waals surface area contributed by atoms with E-state index in [0.717, 1.165) is 17.0 Å². The summed E-state index contributed by atoms with van der Waals surface area (Å²) in [5, 5.41) is 19.9. The maximum atomic E-state index is 12.2. The zero-order valence-electron chi connectivity index (χ0n) is 15.5. The summed E-state index contributed by atoms with van der Waals surface area (Å²) in [7, 11) is 0. The van der Waals surface area contributed by atoms with Gasteiger partial charge in [-0.05, 0) is 32.9 Å². The van der Waals surface area contributed by atoms with Crippen molar-refractivity contribution >= 4 is 23.9 Å². The first-order valence-corrected chi connectivity index (χ1v) is 8.31. The van der Waals surface area contributed by atoms with E-state index >= 15 is 0 Å². The highest BCUT2D eigenvalue weighted by molar-refractivity contribution is 5.81. The molecule has 0 bridgehead atoms. The molecule has 1 aliphatic heterocycles. The number of nitro groups is 1. The van der Waals surface area contributed by atoms with Crippen molar-refractivity contribution in [3.8, 4) is 5.75 Å². The summed E-state index contributed by atoms with van der Waals surface area (Å²) < 4.78 is 15.2. The Hall–Kier alpha value is -3.37. The van der Waals surface area contributed by atoms with Crippen LogP contribution in [-0.4, -0.2) is 57.4 Å². The monoisotopic (exact) mass is 396 g/mol. The van der Waals surface area contributed by atoms with Crippen LogP contribution in [0.2, 0.25) is 0 Å². The van der Waals surface area contributed by atoms with Gasteiger partial charge in [0.05, 0.1) is 11.5 Å². The number of aliphatic carboxylic acids is 1. The van der Waals surface area contributed by atoms with Gasteiger partial charge in [-0.15, -0.1) is 0 Å². The first kappa shape index (κ1) is 20.9. The highest BCUT2D eigenvalue weighted by Gasteiger charge is 2.43. The Morgan fingerprint density at radius 3 is 2.32 bits per heavy atom. The minimum atomic E-state index is -1.25. The van der Waals surface area contributed by atoms with Gasteiger partial charge in [-0.3, -0.25) is 15.0 Å². The lowest BCUT2D eigenvalue weighted by Crippen LogP contribution is -2.43. The molecule has 1 amide bonds. The van der Waals surface area contributed by atoms with E-state index in [1.807, 2.05) is 0 Å². The van der Waals surface area contributed by atoms with Crippen molar-refractivity contribution in [3.05, 3.63) is 34.4 Å². The number of rotatable bonds is 4. The lowest BCUT2D eigenvalue weighted by Gasteiger charge is -2.26. The van der Waals surface area contributed by atoms with E-state index in [-0.39, 0.29) is 24.4 Å². The lowest BCUT2D eigenvalue weighted by molar-refractivity contribution is -0.384. The Balaban J connectivity index is 1.97. The SMILES string of the molecule is CC(C)(C)OC(=O)N1CC(OC(=O)Oc2ccc([N+](=O)[O-])cc2)CC1C(=O)O. The van der Waals surface area contributed by atoms with Gasteiger partial charge in [0.15, 0.2) is 0 Å². The van der Waals surface area contributed by atoms with Crippen molar-refractivity contribution in [2.75, 3.05) is 6.54 Å². The number of hydrogen-bond acceptors (Lipinski definition) is 8. The fraction of sp³-hybridized carbons (Fsp3) is 0.471. The fourth-order valence-corrected chi connectivity index (χ4v) is 2.53. The molecular weight excluding hydrogens is 376 g/mol. The summed E-state index contributed by atoms with van der Waals surface area (Å²) in [5.41, 5.74) is -0.984. The molecule has 1 aliphatic rings. The number of nitro benzene ring substituents is 1. The molecule has 1 aromatic carbocycles. The van der Waals surface area contributed by atoms with Crippen LogP contribution in [0.4, 0.5) is 15.3 Å². The van der Waals surface area contributed by atoms with Gasteiger partial charge in [-0.2, -0.15) is 0 Å². The van der Waals surface area contributed by atoms with E-state index in [9.17, 15) is 29.6 Å². The van der Waals surface area contributed by atoms with Crippen LogP contribution >= 0.6 is 0 Å². The molecule has 11 heteroatoms. The van der Waals surface area contributed by atoms with Gasteiger partial charge in [0.2, 0.25) is 0 Å². The Morgan fingerprint density at radius 1 is 1.21 bits per heavy atom. The van der Waals surface area contributed by atoms with Crippen molar-refractivity contribution in [1.29, 1.82) is 0 Å². The molecule has 28 heavy (non-hydrogen) atoms. The number of hydrogen-bond donors (Lipinski definition) is 1. The minimum Gasteiger partial charge on any atom is -0.480 e. The largest absolute Gasteiger partial charge is 0.514 e. The van der Waals surface area contributed by atoms with E-state index in [1.165, 1.54) is 12.1 Å². The van der Waals surface area contributed by atoms with Crippen LogP contribution in [0.1, 0.15) is 27.2 Å². The zero-order chi connectivity index (χ0) is 21.1. The molecule has 2 atom stereocenters. The summed E-state index contributed by atoms with van der Waals surface area (Å²) >= 11 is 0. The standard InChI is InChI=1S/C17H20N2O9/c1-17(2,3)28-15(22)18-9-12(8-13(18)14(20)21)27-16(23)26-11-6-4-10(5-7-11)19(24)25/h4-7,12-13H,8-9H2,1-3H3,(H,20,21). The number of carboxylic acid groups (broad SMARTS) is 1. The maximum absolute atomic E-state index is 12.2. The third-order valence-electron chi connectivity index (χ3n) is 3.69. The van der Waals surface area contributed by atoms with Gasteiger partial charge in [-0.1, -0.05) is 0 Å². The van der Waals surface area contributed by atoms with Crippen LogP contribution in [0.3, 0.4) is 0 Å². The van der Waals surface area contributed by atoms with Gasteiger partial charge in [-0.25, -0.2) is 14.4 Å². The Kier molecular flexibility index (Phi) is 6.06. The average molecular weight is 396 g/mol. The molecule has 2 unspecified atom stereocenters. The molecule has 11 nitrogen and oxygen atoms in total. The van der Waals surface area contributed by atoms with E-state index in [4.69, 9.17) is 14.2 Å². The summed E-state index contributed by atoms with van der Waals surface area (Å²) in [5.74, 6) is -1.23. The highest BCUT2D eigenvalue weighted by atomic mass is 16.7. The third-order valence-corrected chi connectivity index (χ3v) is 3.69. The average Bonchev–Trinajstić information content (AvgIpc) is 2.98. The van der Waals surface area contributed by atoms with E-state index in [2.05, 4.69) is 0 Å². The molecule has 1 saturated heterocycles. The van der Waals surface area contributed by atoms with E-state index in [1.54, 1.807) is 20.8 Å². The smallest absolute Gasteiger partial charge is 0.480 e. The Labute approximate surface area is 159 Å². The summed E-state index contributed by atoms with van der Waals surface area (Å²) in [4.78, 5) is 46.5. The maximum Gasteiger partial charge on any atom is 0.514 e. The molecule has 1 heterocycles. The molecule has 0 radical (unpaired) electrons. The summed E-state index contributed by atoms with van der Waals surface area (Å²) in [6, 6.07) is 3.56. The number of benzene rings is 1. The van der Waals surface area contributed by atoms with Gasteiger partial charge in [0.1, 0.15) is 23.5 Å². The van der Waals surface area contributed by atoms with E-state index in [0.29, 0.717) is 0 Å². The van der Waals surface area contributed by atoms with Crippen LogP contribution < -0.4 is 4.74 Å².